The molecule has 1 aliphatic rings. The summed E-state index contributed by atoms with van der Waals surface area (Å²) in [6, 6.07) is 22.9. The van der Waals surface area contributed by atoms with Crippen LogP contribution in [0.3, 0.4) is 0 Å². The molecule has 3 aromatic rings. The van der Waals surface area contributed by atoms with Crippen molar-refractivity contribution in [2.24, 2.45) is 5.92 Å². The first-order chi connectivity index (χ1) is 20.7. The third kappa shape index (κ3) is 9.42. The van der Waals surface area contributed by atoms with Crippen molar-refractivity contribution in [2.45, 2.75) is 77.9 Å². The molecule has 0 aromatic heterocycles. The molecule has 0 heterocycles. The van der Waals surface area contributed by atoms with Gasteiger partial charge in [-0.1, -0.05) is 69.3 Å². The van der Waals surface area contributed by atoms with Crippen molar-refractivity contribution < 1.29 is 23.8 Å². The van der Waals surface area contributed by atoms with Crippen LogP contribution in [0.4, 0.5) is 0 Å². The first kappa shape index (κ1) is 32.3. The van der Waals surface area contributed by atoms with Crippen LogP contribution < -0.4 is 4.74 Å². The van der Waals surface area contributed by atoms with Gasteiger partial charge in [-0.05, 0) is 96.0 Å². The van der Waals surface area contributed by atoms with Gasteiger partial charge in [0, 0.05) is 19.5 Å². The molecule has 43 heavy (non-hydrogen) atoms. The average Bonchev–Trinajstić information content (AvgIpc) is 3.01. The minimum atomic E-state index is -0.327. The Bertz CT molecular complexity index is 1340. The maximum atomic E-state index is 11.9. The van der Waals surface area contributed by atoms with Crippen molar-refractivity contribution in [3.8, 4) is 5.75 Å². The van der Waals surface area contributed by atoms with E-state index in [1.807, 2.05) is 24.3 Å². The number of esters is 2. The van der Waals surface area contributed by atoms with Gasteiger partial charge in [-0.3, -0.25) is 9.69 Å². The molecule has 1 atom stereocenters. The van der Waals surface area contributed by atoms with Crippen molar-refractivity contribution in [1.29, 1.82) is 0 Å². The highest BCUT2D eigenvalue weighted by Crippen LogP contribution is 2.34. The third-order valence-electron chi connectivity index (χ3n) is 8.39. The van der Waals surface area contributed by atoms with Crippen LogP contribution in [0.1, 0.15) is 84.6 Å². The van der Waals surface area contributed by atoms with Gasteiger partial charge in [0.05, 0.1) is 19.8 Å². The Morgan fingerprint density at radius 2 is 1.60 bits per heavy atom. The van der Waals surface area contributed by atoms with Crippen molar-refractivity contribution in [2.75, 3.05) is 27.3 Å². The highest BCUT2D eigenvalue weighted by Gasteiger charge is 2.24. The summed E-state index contributed by atoms with van der Waals surface area (Å²) in [7, 11) is 2.84. The summed E-state index contributed by atoms with van der Waals surface area (Å²) in [4.78, 5) is 26.0. The van der Waals surface area contributed by atoms with Gasteiger partial charge in [0.15, 0.2) is 0 Å². The first-order valence-corrected chi connectivity index (χ1v) is 15.5. The summed E-state index contributed by atoms with van der Waals surface area (Å²) in [5.74, 6) is 1.00. The van der Waals surface area contributed by atoms with Gasteiger partial charge < -0.3 is 14.2 Å². The Labute approximate surface area is 257 Å². The Kier molecular flexibility index (Phi) is 11.4. The SMILES string of the molecule is COC(=O)CCCCN(Cc1ccc(C(=O)OC)cc1)CC1CCc2cccc(OCc3ccc(C(C)(C)C)cc3)c2C1. The van der Waals surface area contributed by atoms with Crippen molar-refractivity contribution >= 4 is 11.9 Å². The lowest BCUT2D eigenvalue weighted by Crippen LogP contribution is -2.33. The van der Waals surface area contributed by atoms with E-state index < -0.39 is 0 Å². The monoisotopic (exact) mass is 585 g/mol. The summed E-state index contributed by atoms with van der Waals surface area (Å²) >= 11 is 0. The molecule has 0 saturated carbocycles. The lowest BCUT2D eigenvalue weighted by molar-refractivity contribution is -0.140. The standard InChI is InChI=1S/C37H47NO5/c1-37(2,3)32-20-15-28(16-21-32)26-43-34-10-8-9-30-17-14-29(23-33(30)34)25-38(22-7-6-11-35(39)41-4)24-27-12-18-31(19-13-27)36(40)42-5/h8-10,12-13,15-16,18-21,29H,6-7,11,14,17,22-26H2,1-5H3. The Morgan fingerprint density at radius 3 is 2.28 bits per heavy atom. The minimum Gasteiger partial charge on any atom is -0.489 e. The largest absolute Gasteiger partial charge is 0.489 e. The number of carbonyl (C=O) groups is 2. The fourth-order valence-corrected chi connectivity index (χ4v) is 5.81. The highest BCUT2D eigenvalue weighted by molar-refractivity contribution is 5.89. The van der Waals surface area contributed by atoms with Crippen molar-refractivity contribution in [3.05, 3.63) is 100 Å². The first-order valence-electron chi connectivity index (χ1n) is 15.5. The zero-order valence-corrected chi connectivity index (χ0v) is 26.5. The van der Waals surface area contributed by atoms with Crippen LogP contribution in [-0.2, 0) is 45.7 Å². The number of benzene rings is 3. The molecule has 0 radical (unpaired) electrons. The predicted octanol–water partition coefficient (Wildman–Crippen LogP) is 7.30. The van der Waals surface area contributed by atoms with Crippen molar-refractivity contribution in [1.82, 2.24) is 4.90 Å². The van der Waals surface area contributed by atoms with Gasteiger partial charge in [0.2, 0.25) is 0 Å². The Hall–Kier alpha value is -3.64. The molecule has 0 amide bonds. The number of unbranched alkanes of at least 4 members (excludes halogenated alkanes) is 1. The summed E-state index contributed by atoms with van der Waals surface area (Å²) in [6.45, 7) is 9.88. The van der Waals surface area contributed by atoms with E-state index in [4.69, 9.17) is 14.2 Å². The molecule has 4 rings (SSSR count). The van der Waals surface area contributed by atoms with Gasteiger partial charge in [-0.25, -0.2) is 4.79 Å². The van der Waals surface area contributed by atoms with Crippen LogP contribution >= 0.6 is 0 Å². The van der Waals surface area contributed by atoms with E-state index in [0.29, 0.717) is 24.5 Å². The van der Waals surface area contributed by atoms with E-state index in [1.54, 1.807) is 0 Å². The number of nitrogens with zero attached hydrogens (tertiary/aromatic N) is 1. The Morgan fingerprint density at radius 1 is 0.884 bits per heavy atom. The van der Waals surface area contributed by atoms with Crippen LogP contribution in [-0.4, -0.2) is 44.1 Å². The number of carbonyl (C=O) groups excluding carboxylic acids is 2. The summed E-state index contributed by atoms with van der Waals surface area (Å²) in [6.07, 6.45) is 5.31. The predicted molar refractivity (Wildman–Crippen MR) is 170 cm³/mol. The number of aryl methyl sites for hydroxylation is 1. The molecule has 1 aliphatic carbocycles. The second-order valence-corrected chi connectivity index (χ2v) is 12.7. The third-order valence-corrected chi connectivity index (χ3v) is 8.39. The summed E-state index contributed by atoms with van der Waals surface area (Å²) in [5, 5.41) is 0. The molecule has 0 aliphatic heterocycles. The molecule has 0 N–H and O–H groups in total. The number of hydrogen-bond donors (Lipinski definition) is 0. The van der Waals surface area contributed by atoms with Gasteiger partial charge in [-0.2, -0.15) is 0 Å². The van der Waals surface area contributed by atoms with Crippen molar-refractivity contribution in [3.63, 3.8) is 0 Å². The summed E-state index contributed by atoms with van der Waals surface area (Å²) in [5.41, 5.74) is 7.06. The van der Waals surface area contributed by atoms with E-state index in [0.717, 1.165) is 63.1 Å². The van der Waals surface area contributed by atoms with Gasteiger partial charge >= 0.3 is 11.9 Å². The van der Waals surface area contributed by atoms with Crippen LogP contribution in [0.2, 0.25) is 0 Å². The number of rotatable bonds is 13. The fraction of sp³-hybridized carbons (Fsp3) is 0.459. The Balaban J connectivity index is 1.42. The van der Waals surface area contributed by atoms with Crippen LogP contribution in [0.15, 0.2) is 66.7 Å². The topological polar surface area (TPSA) is 65.1 Å². The zero-order valence-electron chi connectivity index (χ0n) is 26.5. The normalized spacial score (nSPS) is 14.7. The van der Waals surface area contributed by atoms with E-state index >= 15 is 0 Å². The zero-order chi connectivity index (χ0) is 30.8. The number of hydrogen-bond acceptors (Lipinski definition) is 6. The molecule has 0 saturated heterocycles. The molecule has 0 bridgehead atoms. The number of ether oxygens (including phenoxy) is 3. The lowest BCUT2D eigenvalue weighted by atomic mass is 9.83. The van der Waals surface area contributed by atoms with E-state index in [2.05, 4.69) is 68.1 Å². The molecular weight excluding hydrogens is 538 g/mol. The molecule has 0 spiro atoms. The molecule has 6 heteroatoms. The minimum absolute atomic E-state index is 0.134. The molecular formula is C37H47NO5. The molecule has 230 valence electrons. The van der Waals surface area contributed by atoms with E-state index in [1.165, 1.54) is 36.5 Å². The molecule has 1 unspecified atom stereocenters. The highest BCUT2D eigenvalue weighted by atomic mass is 16.5. The van der Waals surface area contributed by atoms with Gasteiger partial charge in [-0.15, -0.1) is 0 Å². The molecule has 6 nitrogen and oxygen atoms in total. The number of methoxy groups -OCH3 is 2. The summed E-state index contributed by atoms with van der Waals surface area (Å²) < 4.78 is 16.1. The maximum Gasteiger partial charge on any atom is 0.337 e. The van der Waals surface area contributed by atoms with Gasteiger partial charge in [0.25, 0.3) is 0 Å². The van der Waals surface area contributed by atoms with Gasteiger partial charge in [0.1, 0.15) is 12.4 Å². The van der Waals surface area contributed by atoms with Crippen LogP contribution in [0.25, 0.3) is 0 Å². The molecule has 3 aromatic carbocycles. The second kappa shape index (κ2) is 15.2. The van der Waals surface area contributed by atoms with Crippen LogP contribution in [0.5, 0.6) is 5.75 Å². The average molecular weight is 586 g/mol. The van der Waals surface area contributed by atoms with Crippen LogP contribution in [0, 0.1) is 5.92 Å². The van der Waals surface area contributed by atoms with E-state index in [-0.39, 0.29) is 17.4 Å². The number of fused-ring (bicyclic) bond motifs is 1. The quantitative estimate of drug-likeness (QED) is 0.155. The lowest BCUT2D eigenvalue weighted by Gasteiger charge is -2.32. The maximum absolute atomic E-state index is 11.9. The van der Waals surface area contributed by atoms with E-state index in [9.17, 15) is 9.59 Å². The fourth-order valence-electron chi connectivity index (χ4n) is 5.81. The second-order valence-electron chi connectivity index (χ2n) is 12.7. The smallest absolute Gasteiger partial charge is 0.337 e. The molecule has 0 fully saturated rings.